The van der Waals surface area contributed by atoms with Crippen molar-refractivity contribution >= 4 is 5.97 Å². The minimum atomic E-state index is -1.47. The van der Waals surface area contributed by atoms with Crippen LogP contribution in [0.5, 0.6) is 0 Å². The van der Waals surface area contributed by atoms with Crippen LogP contribution >= 0.6 is 0 Å². The molecule has 0 radical (unpaired) electrons. The van der Waals surface area contributed by atoms with E-state index in [-0.39, 0.29) is 0 Å². The molecule has 0 saturated carbocycles. The lowest BCUT2D eigenvalue weighted by Crippen LogP contribution is -2.33. The van der Waals surface area contributed by atoms with Gasteiger partial charge in [0.1, 0.15) is 0 Å². The molecule has 0 aliphatic rings. The predicted octanol–water partition coefficient (Wildman–Crippen LogP) is -0.551. The largest absolute Gasteiger partial charge is 0.479 e. The molecule has 0 heterocycles. The topological polar surface area (TPSA) is 77.8 Å². The van der Waals surface area contributed by atoms with Gasteiger partial charge >= 0.3 is 5.97 Å². The van der Waals surface area contributed by atoms with Crippen molar-refractivity contribution in [2.75, 3.05) is 0 Å². The summed E-state index contributed by atoms with van der Waals surface area (Å²) in [6.07, 6.45) is -2.27. The highest BCUT2D eigenvalue weighted by Gasteiger charge is 2.24. The fourth-order valence-corrected chi connectivity index (χ4v) is 0.489. The number of aliphatic carboxylic acids is 1. The Morgan fingerprint density at radius 3 is 1.80 bits per heavy atom. The molecular formula is C6H12O4. The molecule has 1 unspecified atom stereocenters. The van der Waals surface area contributed by atoms with Crippen LogP contribution in [0.1, 0.15) is 13.8 Å². The van der Waals surface area contributed by atoms with E-state index in [0.717, 1.165) is 0 Å². The van der Waals surface area contributed by atoms with Crippen LogP contribution in [0.3, 0.4) is 0 Å². The zero-order valence-electron chi connectivity index (χ0n) is 5.98. The van der Waals surface area contributed by atoms with Crippen LogP contribution in [0.4, 0.5) is 0 Å². The van der Waals surface area contributed by atoms with Gasteiger partial charge in [0.05, 0.1) is 6.10 Å². The van der Waals surface area contributed by atoms with Crippen molar-refractivity contribution in [1.29, 1.82) is 0 Å². The van der Waals surface area contributed by atoms with Crippen LogP contribution in [-0.4, -0.2) is 33.5 Å². The zero-order valence-corrected chi connectivity index (χ0v) is 5.98. The van der Waals surface area contributed by atoms with Gasteiger partial charge in [-0.1, -0.05) is 6.92 Å². The summed E-state index contributed by atoms with van der Waals surface area (Å²) in [7, 11) is 0. The van der Waals surface area contributed by atoms with Crippen molar-refractivity contribution in [3.05, 3.63) is 0 Å². The quantitative estimate of drug-likeness (QED) is 0.501. The summed E-state index contributed by atoms with van der Waals surface area (Å²) in [5, 5.41) is 25.9. The highest BCUT2D eigenvalue weighted by molar-refractivity contribution is 5.72. The molecule has 0 aliphatic heterocycles. The highest BCUT2D eigenvalue weighted by Crippen LogP contribution is 2.07. The lowest BCUT2D eigenvalue weighted by atomic mass is 10.00. The molecule has 0 aliphatic carbocycles. The molecule has 10 heavy (non-hydrogen) atoms. The van der Waals surface area contributed by atoms with E-state index in [0.29, 0.717) is 0 Å². The molecule has 0 aromatic rings. The van der Waals surface area contributed by atoms with E-state index in [9.17, 15) is 4.79 Å². The van der Waals surface area contributed by atoms with E-state index in [1.807, 2.05) is 0 Å². The normalized spacial score (nSPS) is 19.6. The van der Waals surface area contributed by atoms with Crippen molar-refractivity contribution in [3.63, 3.8) is 0 Å². The Bertz CT molecular complexity index is 121. The summed E-state index contributed by atoms with van der Waals surface area (Å²) in [6, 6.07) is 0. The van der Waals surface area contributed by atoms with Crippen molar-refractivity contribution in [2.24, 2.45) is 5.92 Å². The van der Waals surface area contributed by atoms with Gasteiger partial charge in [0.15, 0.2) is 6.10 Å². The summed E-state index contributed by atoms with van der Waals surface area (Å²) < 4.78 is 0. The van der Waals surface area contributed by atoms with Gasteiger partial charge in [-0.05, 0) is 6.92 Å². The maximum absolute atomic E-state index is 10.1. The maximum Gasteiger partial charge on any atom is 0.332 e. The smallest absolute Gasteiger partial charge is 0.332 e. The molecule has 0 rings (SSSR count). The van der Waals surface area contributed by atoms with Crippen LogP contribution in [0.2, 0.25) is 0 Å². The van der Waals surface area contributed by atoms with E-state index < -0.39 is 24.1 Å². The lowest BCUT2D eigenvalue weighted by molar-refractivity contribution is -0.151. The van der Waals surface area contributed by atoms with Gasteiger partial charge in [-0.25, -0.2) is 4.79 Å². The summed E-state index contributed by atoms with van der Waals surface area (Å²) in [6.45, 7) is 2.92. The number of hydrogen-bond donors (Lipinski definition) is 3. The first-order chi connectivity index (χ1) is 4.46. The molecule has 4 heteroatoms. The third-order valence-corrected chi connectivity index (χ3v) is 1.51. The van der Waals surface area contributed by atoms with E-state index >= 15 is 0 Å². The number of carboxylic acids is 1. The first-order valence-corrected chi connectivity index (χ1v) is 3.05. The van der Waals surface area contributed by atoms with Crippen LogP contribution in [-0.2, 0) is 4.79 Å². The van der Waals surface area contributed by atoms with E-state index in [4.69, 9.17) is 15.3 Å². The molecule has 3 N–H and O–H groups in total. The Kier molecular flexibility index (Phi) is 3.32. The average Bonchev–Trinajstić information content (AvgIpc) is 1.84. The summed E-state index contributed by atoms with van der Waals surface area (Å²) in [4.78, 5) is 10.1. The van der Waals surface area contributed by atoms with Crippen LogP contribution < -0.4 is 0 Å². The Labute approximate surface area is 59.1 Å². The van der Waals surface area contributed by atoms with Crippen molar-refractivity contribution in [3.8, 4) is 0 Å². The number of aliphatic hydroxyl groups is 2. The SMILES string of the molecule is CC(O)[C@H](C)[C@@H](O)C(=O)O. The minimum Gasteiger partial charge on any atom is -0.479 e. The third kappa shape index (κ3) is 2.33. The zero-order chi connectivity index (χ0) is 8.31. The average molecular weight is 148 g/mol. The Morgan fingerprint density at radius 1 is 1.30 bits per heavy atom. The molecule has 0 bridgehead atoms. The minimum absolute atomic E-state index is 0.627. The van der Waals surface area contributed by atoms with E-state index in [1.165, 1.54) is 13.8 Å². The Balaban J connectivity index is 3.94. The molecule has 0 amide bonds. The van der Waals surface area contributed by atoms with Gasteiger partial charge < -0.3 is 15.3 Å². The van der Waals surface area contributed by atoms with Gasteiger partial charge in [0.2, 0.25) is 0 Å². The maximum atomic E-state index is 10.1. The lowest BCUT2D eigenvalue weighted by Gasteiger charge is -2.16. The highest BCUT2D eigenvalue weighted by atomic mass is 16.4. The molecule has 4 nitrogen and oxygen atoms in total. The van der Waals surface area contributed by atoms with Crippen molar-refractivity contribution < 1.29 is 20.1 Å². The van der Waals surface area contributed by atoms with Crippen LogP contribution in [0.15, 0.2) is 0 Å². The van der Waals surface area contributed by atoms with Gasteiger partial charge in [-0.2, -0.15) is 0 Å². The molecule has 0 fully saturated rings. The van der Waals surface area contributed by atoms with Gasteiger partial charge in [-0.15, -0.1) is 0 Å². The molecule has 0 aromatic carbocycles. The van der Waals surface area contributed by atoms with E-state index in [2.05, 4.69) is 0 Å². The van der Waals surface area contributed by atoms with Crippen LogP contribution in [0, 0.1) is 5.92 Å². The first kappa shape index (κ1) is 9.39. The molecule has 3 atom stereocenters. The Morgan fingerprint density at radius 2 is 1.70 bits per heavy atom. The monoisotopic (exact) mass is 148 g/mol. The molecule has 60 valence electrons. The van der Waals surface area contributed by atoms with Crippen molar-refractivity contribution in [1.82, 2.24) is 0 Å². The van der Waals surface area contributed by atoms with E-state index in [1.54, 1.807) is 0 Å². The molecule has 0 saturated heterocycles. The molecule has 0 aromatic heterocycles. The number of aliphatic hydroxyl groups excluding tert-OH is 2. The second kappa shape index (κ2) is 3.53. The molecular weight excluding hydrogens is 136 g/mol. The van der Waals surface area contributed by atoms with Gasteiger partial charge in [0.25, 0.3) is 0 Å². The number of hydrogen-bond acceptors (Lipinski definition) is 3. The summed E-state index contributed by atoms with van der Waals surface area (Å²) >= 11 is 0. The van der Waals surface area contributed by atoms with Crippen molar-refractivity contribution in [2.45, 2.75) is 26.1 Å². The second-order valence-corrected chi connectivity index (χ2v) is 2.38. The Hall–Kier alpha value is -0.610. The fraction of sp³-hybridized carbons (Fsp3) is 0.833. The van der Waals surface area contributed by atoms with Crippen LogP contribution in [0.25, 0.3) is 0 Å². The summed E-state index contributed by atoms with van der Waals surface area (Å²) in [5.74, 6) is -1.93. The standard InChI is InChI=1S/C6H12O4/c1-3(4(2)7)5(8)6(9)10/h3-5,7-8H,1-2H3,(H,9,10)/t3-,4?,5+/m0/s1. The van der Waals surface area contributed by atoms with Gasteiger partial charge in [0, 0.05) is 5.92 Å². The summed E-state index contributed by atoms with van der Waals surface area (Å²) in [5.41, 5.74) is 0. The second-order valence-electron chi connectivity index (χ2n) is 2.38. The van der Waals surface area contributed by atoms with Gasteiger partial charge in [-0.3, -0.25) is 0 Å². The fourth-order valence-electron chi connectivity index (χ4n) is 0.489. The number of rotatable bonds is 3. The first-order valence-electron chi connectivity index (χ1n) is 3.05. The number of carboxylic acid groups (broad SMARTS) is 1. The number of carbonyl (C=O) groups is 1. The third-order valence-electron chi connectivity index (χ3n) is 1.51. The predicted molar refractivity (Wildman–Crippen MR) is 34.5 cm³/mol. The molecule has 0 spiro atoms.